The van der Waals surface area contributed by atoms with Gasteiger partial charge in [-0.25, -0.2) is 9.59 Å². The number of alkyl halides is 6. The summed E-state index contributed by atoms with van der Waals surface area (Å²) in [5.74, 6) is -3.10. The molecule has 11 heteroatoms. The number of nitrogens with one attached hydrogen (secondary N) is 1. The van der Waals surface area contributed by atoms with Crippen molar-refractivity contribution in [2.45, 2.75) is 24.3 Å². The van der Waals surface area contributed by atoms with Gasteiger partial charge in [-0.15, -0.1) is 6.58 Å². The molecule has 1 atom stereocenters. The van der Waals surface area contributed by atoms with Gasteiger partial charge < -0.3 is 15.2 Å². The molecule has 5 nitrogen and oxygen atoms in total. The minimum Gasteiger partial charge on any atom is -0.480 e. The Morgan fingerprint density at radius 1 is 0.970 bits per heavy atom. The summed E-state index contributed by atoms with van der Waals surface area (Å²) in [6.07, 6.45) is -14.6. The average molecular weight is 473 g/mol. The van der Waals surface area contributed by atoms with Gasteiger partial charge in [-0.1, -0.05) is 54.6 Å². The third-order valence-electron chi connectivity index (χ3n) is 5.57. The summed E-state index contributed by atoms with van der Waals surface area (Å²) in [6.45, 7) is 2.10. The molecule has 33 heavy (non-hydrogen) atoms. The Labute approximate surface area is 183 Å². The van der Waals surface area contributed by atoms with Crippen molar-refractivity contribution < 1.29 is 45.8 Å². The van der Waals surface area contributed by atoms with Crippen LogP contribution in [0.15, 0.2) is 61.2 Å². The van der Waals surface area contributed by atoms with E-state index in [1.807, 2.05) is 12.1 Å². The second-order valence-corrected chi connectivity index (χ2v) is 7.31. The number of carbonyl (C=O) groups is 2. The molecule has 2 aromatic carbocycles. The number of hydrogen-bond donors (Lipinski definition) is 2. The zero-order chi connectivity index (χ0) is 24.6. The number of hydrogen-bond acceptors (Lipinski definition) is 3. The van der Waals surface area contributed by atoms with Crippen LogP contribution in [0, 0.1) is 5.41 Å². The van der Waals surface area contributed by atoms with Gasteiger partial charge in [0.05, 0.1) is 0 Å². The van der Waals surface area contributed by atoms with E-state index in [1.54, 1.807) is 36.4 Å². The fourth-order valence-corrected chi connectivity index (χ4v) is 3.97. The second kappa shape index (κ2) is 8.45. The Morgan fingerprint density at radius 2 is 1.42 bits per heavy atom. The first-order valence-electron chi connectivity index (χ1n) is 9.46. The lowest BCUT2D eigenvalue weighted by Crippen LogP contribution is -2.64. The maximum atomic E-state index is 13.4. The van der Waals surface area contributed by atoms with E-state index in [9.17, 15) is 35.9 Å². The molecule has 0 saturated heterocycles. The van der Waals surface area contributed by atoms with E-state index in [4.69, 9.17) is 9.84 Å². The predicted molar refractivity (Wildman–Crippen MR) is 104 cm³/mol. The van der Waals surface area contributed by atoms with Gasteiger partial charge in [-0.2, -0.15) is 26.3 Å². The van der Waals surface area contributed by atoms with Crippen LogP contribution in [0.1, 0.15) is 17.0 Å². The predicted octanol–water partition coefficient (Wildman–Crippen LogP) is 5.28. The van der Waals surface area contributed by atoms with Crippen LogP contribution in [0.25, 0.3) is 11.1 Å². The second-order valence-electron chi connectivity index (χ2n) is 7.31. The molecule has 1 aliphatic rings. The lowest BCUT2D eigenvalue weighted by Gasteiger charge is -2.38. The minimum atomic E-state index is -6.12. The van der Waals surface area contributed by atoms with E-state index in [0.29, 0.717) is 0 Å². The van der Waals surface area contributed by atoms with Crippen molar-refractivity contribution in [3.8, 4) is 11.1 Å². The maximum absolute atomic E-state index is 13.4. The van der Waals surface area contributed by atoms with Gasteiger partial charge >= 0.3 is 24.4 Å². The maximum Gasteiger partial charge on any atom is 0.409 e. The van der Waals surface area contributed by atoms with Crippen molar-refractivity contribution in [3.05, 3.63) is 72.3 Å². The van der Waals surface area contributed by atoms with Crippen molar-refractivity contribution in [2.75, 3.05) is 6.61 Å². The van der Waals surface area contributed by atoms with Crippen molar-refractivity contribution in [1.82, 2.24) is 5.32 Å². The van der Waals surface area contributed by atoms with E-state index in [1.165, 1.54) is 5.32 Å². The molecule has 0 fully saturated rings. The Kier molecular flexibility index (Phi) is 6.18. The topological polar surface area (TPSA) is 75.6 Å². The van der Waals surface area contributed by atoms with Gasteiger partial charge in [0.25, 0.3) is 0 Å². The largest absolute Gasteiger partial charge is 0.480 e. The first-order chi connectivity index (χ1) is 15.3. The Hall–Kier alpha value is -3.50. The number of amides is 1. The highest BCUT2D eigenvalue weighted by Crippen LogP contribution is 2.53. The highest BCUT2D eigenvalue weighted by Gasteiger charge is 2.75. The van der Waals surface area contributed by atoms with Gasteiger partial charge in [0, 0.05) is 5.92 Å². The van der Waals surface area contributed by atoms with E-state index in [2.05, 4.69) is 6.58 Å². The molecule has 0 heterocycles. The summed E-state index contributed by atoms with van der Waals surface area (Å²) in [4.78, 5) is 23.6. The number of fused-ring (bicyclic) bond motifs is 3. The molecule has 0 aliphatic heterocycles. The quantitative estimate of drug-likeness (QED) is 0.443. The fraction of sp³-hybridized carbons (Fsp3) is 0.273. The Balaban J connectivity index is 1.85. The molecule has 3 rings (SSSR count). The molecule has 0 bridgehead atoms. The number of carbonyl (C=O) groups excluding carboxylic acids is 1. The first-order valence-corrected chi connectivity index (χ1v) is 9.46. The summed E-state index contributed by atoms with van der Waals surface area (Å²) in [6, 6.07) is 10.7. The minimum absolute atomic E-state index is 0.439. The van der Waals surface area contributed by atoms with Crippen molar-refractivity contribution >= 4 is 12.1 Å². The van der Waals surface area contributed by atoms with Crippen molar-refractivity contribution in [3.63, 3.8) is 0 Å². The van der Waals surface area contributed by atoms with Gasteiger partial charge in [0.1, 0.15) is 6.61 Å². The molecular formula is C22H17F6NO4. The van der Waals surface area contributed by atoms with Crippen LogP contribution in [0.4, 0.5) is 31.1 Å². The van der Waals surface area contributed by atoms with Crippen LogP contribution in [0.5, 0.6) is 0 Å². The van der Waals surface area contributed by atoms with Crippen molar-refractivity contribution in [2.24, 2.45) is 5.41 Å². The standard InChI is InChI=1S/C22H17F6NO4/c1-2-20(21(23,24)25,22(26,27)28)17(18(30)31)29-19(32)33-11-16-14-9-5-3-7-12(14)13-8-4-6-10-15(13)16/h2-10,16-17H,1,11H2,(H,29,32)(H,30,31)/t17-/m0/s1. The van der Waals surface area contributed by atoms with E-state index < -0.39 is 54.5 Å². The molecule has 0 saturated carbocycles. The smallest absolute Gasteiger partial charge is 0.409 e. The first kappa shape index (κ1) is 24.1. The van der Waals surface area contributed by atoms with Crippen LogP contribution in [0.3, 0.4) is 0 Å². The van der Waals surface area contributed by atoms with E-state index in [0.717, 1.165) is 22.3 Å². The van der Waals surface area contributed by atoms with Gasteiger partial charge in [-0.05, 0) is 22.3 Å². The monoisotopic (exact) mass is 473 g/mol. The molecule has 2 aromatic rings. The van der Waals surface area contributed by atoms with Gasteiger partial charge in [0.2, 0.25) is 5.41 Å². The lowest BCUT2D eigenvalue weighted by atomic mass is 9.78. The molecule has 0 aromatic heterocycles. The van der Waals surface area contributed by atoms with Crippen LogP contribution in [-0.2, 0) is 9.53 Å². The zero-order valence-corrected chi connectivity index (χ0v) is 16.7. The molecular weight excluding hydrogens is 456 g/mol. The van der Waals surface area contributed by atoms with Crippen LogP contribution in [0.2, 0.25) is 0 Å². The number of aliphatic carboxylic acids is 1. The highest BCUT2D eigenvalue weighted by molar-refractivity contribution is 5.82. The average Bonchev–Trinajstić information content (AvgIpc) is 3.04. The van der Waals surface area contributed by atoms with Crippen LogP contribution < -0.4 is 5.32 Å². The zero-order valence-electron chi connectivity index (χ0n) is 16.7. The van der Waals surface area contributed by atoms with Crippen LogP contribution >= 0.6 is 0 Å². The van der Waals surface area contributed by atoms with E-state index in [-0.39, 0.29) is 0 Å². The summed E-state index contributed by atoms with van der Waals surface area (Å²) in [5.41, 5.74) is -1.77. The third kappa shape index (κ3) is 4.03. The molecule has 1 amide bonds. The number of alkyl carbamates (subject to hydrolysis) is 1. The SMILES string of the molecule is C=CC([C@@H](NC(=O)OCC1c2ccccc2-c2ccccc21)C(=O)O)(C(F)(F)F)C(F)(F)F. The molecule has 0 radical (unpaired) electrons. The Morgan fingerprint density at radius 3 is 1.82 bits per heavy atom. The summed E-state index contributed by atoms with van der Waals surface area (Å²) in [5, 5.41) is 10.4. The third-order valence-corrected chi connectivity index (χ3v) is 5.57. The number of ether oxygens (including phenoxy) is 1. The molecule has 0 spiro atoms. The molecule has 0 unspecified atom stereocenters. The number of benzene rings is 2. The lowest BCUT2D eigenvalue weighted by molar-refractivity contribution is -0.327. The fourth-order valence-electron chi connectivity index (χ4n) is 3.97. The molecule has 2 N–H and O–H groups in total. The molecule has 176 valence electrons. The van der Waals surface area contributed by atoms with Gasteiger partial charge in [0.15, 0.2) is 6.04 Å². The van der Waals surface area contributed by atoms with Crippen LogP contribution in [-0.4, -0.2) is 42.2 Å². The molecule has 1 aliphatic carbocycles. The number of carboxylic acids is 1. The number of carboxylic acid groups (broad SMARTS) is 1. The number of rotatable bonds is 6. The van der Waals surface area contributed by atoms with E-state index >= 15 is 0 Å². The number of halogens is 6. The highest BCUT2D eigenvalue weighted by atomic mass is 19.4. The Bertz CT molecular complexity index is 1020. The normalized spacial score (nSPS) is 14.7. The van der Waals surface area contributed by atoms with Crippen molar-refractivity contribution in [1.29, 1.82) is 0 Å². The summed E-state index contributed by atoms with van der Waals surface area (Å²) < 4.78 is 85.6. The summed E-state index contributed by atoms with van der Waals surface area (Å²) in [7, 11) is 0. The summed E-state index contributed by atoms with van der Waals surface area (Å²) >= 11 is 0. The van der Waals surface area contributed by atoms with Gasteiger partial charge in [-0.3, -0.25) is 0 Å².